The Hall–Kier alpha value is -1.86. The first-order chi connectivity index (χ1) is 9.19. The van der Waals surface area contributed by atoms with Gasteiger partial charge < -0.3 is 19.8 Å². The number of anilines is 2. The highest BCUT2D eigenvalue weighted by atomic mass is 16.3. The van der Waals surface area contributed by atoms with Crippen molar-refractivity contribution in [2.75, 3.05) is 23.4 Å². The van der Waals surface area contributed by atoms with Gasteiger partial charge in [0.05, 0.1) is 12.3 Å². The van der Waals surface area contributed by atoms with Crippen LogP contribution in [0, 0.1) is 5.92 Å². The molecule has 1 saturated heterocycles. The standard InChI is InChI=1S/C12H18N6O/c1-8(19)9-2-4-17(6-9)12-11-14-3-5-18(11)7-10(15-12)16-13/h3,5,7-9,16,19H,2,4,6,13H2,1H3. The van der Waals surface area contributed by atoms with Crippen LogP contribution in [0.1, 0.15) is 13.3 Å². The van der Waals surface area contributed by atoms with Crippen LogP contribution >= 0.6 is 0 Å². The van der Waals surface area contributed by atoms with Crippen LogP contribution in [0.5, 0.6) is 0 Å². The number of rotatable bonds is 3. The summed E-state index contributed by atoms with van der Waals surface area (Å²) in [6.07, 6.45) is 6.07. The summed E-state index contributed by atoms with van der Waals surface area (Å²) in [6, 6.07) is 0. The van der Waals surface area contributed by atoms with Gasteiger partial charge in [0.15, 0.2) is 17.3 Å². The van der Waals surface area contributed by atoms with Crippen LogP contribution in [-0.2, 0) is 0 Å². The Kier molecular flexibility index (Phi) is 3.00. The number of hydrogen-bond donors (Lipinski definition) is 3. The van der Waals surface area contributed by atoms with Gasteiger partial charge >= 0.3 is 0 Å². The molecule has 4 N–H and O–H groups in total. The molecule has 0 amide bonds. The smallest absolute Gasteiger partial charge is 0.180 e. The maximum absolute atomic E-state index is 9.69. The Morgan fingerprint density at radius 3 is 3.11 bits per heavy atom. The number of nitrogen functional groups attached to an aromatic ring is 1. The molecule has 102 valence electrons. The van der Waals surface area contributed by atoms with E-state index in [-0.39, 0.29) is 12.0 Å². The fourth-order valence-electron chi connectivity index (χ4n) is 2.57. The normalized spacial score (nSPS) is 21.0. The van der Waals surface area contributed by atoms with Gasteiger partial charge in [-0.05, 0) is 13.3 Å². The first-order valence-electron chi connectivity index (χ1n) is 6.42. The van der Waals surface area contributed by atoms with Gasteiger partial charge in [-0.2, -0.15) is 0 Å². The number of fused-ring (bicyclic) bond motifs is 1. The number of nitrogens with two attached hydrogens (primary N) is 1. The van der Waals surface area contributed by atoms with Crippen molar-refractivity contribution in [2.24, 2.45) is 11.8 Å². The third kappa shape index (κ3) is 2.11. The number of nitrogens with zero attached hydrogens (tertiary/aromatic N) is 4. The van der Waals surface area contributed by atoms with E-state index in [1.807, 2.05) is 17.5 Å². The van der Waals surface area contributed by atoms with E-state index >= 15 is 0 Å². The van der Waals surface area contributed by atoms with Gasteiger partial charge in [-0.15, -0.1) is 0 Å². The van der Waals surface area contributed by atoms with E-state index in [0.717, 1.165) is 31.0 Å². The molecule has 1 aliphatic rings. The molecule has 1 aliphatic heterocycles. The zero-order valence-electron chi connectivity index (χ0n) is 10.8. The molecule has 2 aromatic rings. The van der Waals surface area contributed by atoms with Crippen molar-refractivity contribution in [2.45, 2.75) is 19.4 Å². The van der Waals surface area contributed by atoms with E-state index in [1.54, 1.807) is 12.4 Å². The number of hydrogen-bond acceptors (Lipinski definition) is 6. The van der Waals surface area contributed by atoms with Crippen LogP contribution in [-0.4, -0.2) is 38.7 Å². The summed E-state index contributed by atoms with van der Waals surface area (Å²) < 4.78 is 1.90. The maximum Gasteiger partial charge on any atom is 0.180 e. The second-order valence-corrected chi connectivity index (χ2v) is 4.99. The molecule has 0 aromatic carbocycles. The molecule has 3 rings (SSSR count). The minimum absolute atomic E-state index is 0.284. The van der Waals surface area contributed by atoms with Crippen LogP contribution in [0.3, 0.4) is 0 Å². The summed E-state index contributed by atoms with van der Waals surface area (Å²) in [5, 5.41) is 9.69. The highest BCUT2D eigenvalue weighted by Gasteiger charge is 2.28. The SMILES string of the molecule is CC(O)C1CCN(c2nc(NN)cn3ccnc23)C1. The number of aliphatic hydroxyl groups is 1. The predicted octanol–water partition coefficient (Wildman–Crippen LogP) is 0.222. The molecule has 2 unspecified atom stereocenters. The number of aliphatic hydroxyl groups excluding tert-OH is 1. The molecule has 1 fully saturated rings. The Bertz CT molecular complexity index is 581. The van der Waals surface area contributed by atoms with Crippen molar-refractivity contribution in [1.82, 2.24) is 14.4 Å². The highest BCUT2D eigenvalue weighted by Crippen LogP contribution is 2.27. The van der Waals surface area contributed by atoms with Crippen LogP contribution < -0.4 is 16.2 Å². The van der Waals surface area contributed by atoms with Gasteiger partial charge in [-0.25, -0.2) is 15.8 Å². The van der Waals surface area contributed by atoms with Crippen molar-refractivity contribution in [3.05, 3.63) is 18.6 Å². The van der Waals surface area contributed by atoms with Crippen molar-refractivity contribution >= 4 is 17.3 Å². The lowest BCUT2D eigenvalue weighted by Gasteiger charge is -2.19. The first-order valence-corrected chi connectivity index (χ1v) is 6.42. The summed E-state index contributed by atoms with van der Waals surface area (Å²) in [5.41, 5.74) is 3.38. The van der Waals surface area contributed by atoms with Gasteiger partial charge in [0.25, 0.3) is 0 Å². The lowest BCUT2D eigenvalue weighted by molar-refractivity contribution is 0.136. The zero-order chi connectivity index (χ0) is 13.4. The third-order valence-electron chi connectivity index (χ3n) is 3.71. The van der Waals surface area contributed by atoms with Gasteiger partial charge in [0.1, 0.15) is 0 Å². The molecular formula is C12H18N6O. The van der Waals surface area contributed by atoms with Gasteiger partial charge in [-0.3, -0.25) is 0 Å². The van der Waals surface area contributed by atoms with Crippen molar-refractivity contribution in [1.29, 1.82) is 0 Å². The zero-order valence-corrected chi connectivity index (χ0v) is 10.8. The first kappa shape index (κ1) is 12.2. The fourth-order valence-corrected chi connectivity index (χ4v) is 2.57. The van der Waals surface area contributed by atoms with E-state index in [1.165, 1.54) is 0 Å². The van der Waals surface area contributed by atoms with Crippen LogP contribution in [0.2, 0.25) is 0 Å². The average molecular weight is 262 g/mol. The second kappa shape index (κ2) is 4.67. The lowest BCUT2D eigenvalue weighted by atomic mass is 10.0. The van der Waals surface area contributed by atoms with E-state index < -0.39 is 0 Å². The minimum atomic E-state index is -0.295. The van der Waals surface area contributed by atoms with Crippen molar-refractivity contribution in [3.8, 4) is 0 Å². The lowest BCUT2D eigenvalue weighted by Crippen LogP contribution is -2.25. The molecule has 0 bridgehead atoms. The van der Waals surface area contributed by atoms with Crippen LogP contribution in [0.4, 0.5) is 11.6 Å². The van der Waals surface area contributed by atoms with Crippen molar-refractivity contribution < 1.29 is 5.11 Å². The molecule has 2 atom stereocenters. The number of imidazole rings is 1. The molecular weight excluding hydrogens is 244 g/mol. The average Bonchev–Trinajstić information content (AvgIpc) is 3.06. The monoisotopic (exact) mass is 262 g/mol. The molecule has 0 spiro atoms. The van der Waals surface area contributed by atoms with E-state index in [4.69, 9.17) is 5.84 Å². The summed E-state index contributed by atoms with van der Waals surface area (Å²) >= 11 is 0. The highest BCUT2D eigenvalue weighted by molar-refractivity contribution is 5.67. The van der Waals surface area contributed by atoms with Crippen LogP contribution in [0.15, 0.2) is 18.6 Å². The van der Waals surface area contributed by atoms with Crippen molar-refractivity contribution in [3.63, 3.8) is 0 Å². The second-order valence-electron chi connectivity index (χ2n) is 4.99. The third-order valence-corrected chi connectivity index (χ3v) is 3.71. The largest absolute Gasteiger partial charge is 0.393 e. The quantitative estimate of drug-likeness (QED) is 0.541. The molecule has 3 heterocycles. The maximum atomic E-state index is 9.69. The van der Waals surface area contributed by atoms with Gasteiger partial charge in [-0.1, -0.05) is 0 Å². The molecule has 19 heavy (non-hydrogen) atoms. The summed E-state index contributed by atoms with van der Waals surface area (Å²) in [7, 11) is 0. The number of aromatic nitrogens is 3. The fraction of sp³-hybridized carbons (Fsp3) is 0.500. The van der Waals surface area contributed by atoms with E-state index in [2.05, 4.69) is 20.3 Å². The summed E-state index contributed by atoms with van der Waals surface area (Å²) in [6.45, 7) is 3.50. The van der Waals surface area contributed by atoms with E-state index in [0.29, 0.717) is 5.82 Å². The molecule has 0 radical (unpaired) electrons. The van der Waals surface area contributed by atoms with Gasteiger partial charge in [0.2, 0.25) is 0 Å². The topological polar surface area (TPSA) is 91.7 Å². The Morgan fingerprint density at radius 1 is 1.58 bits per heavy atom. The molecule has 2 aromatic heterocycles. The summed E-state index contributed by atoms with van der Waals surface area (Å²) in [5.74, 6) is 7.14. The molecule has 0 aliphatic carbocycles. The number of nitrogens with one attached hydrogen (secondary N) is 1. The van der Waals surface area contributed by atoms with Gasteiger partial charge in [0, 0.05) is 31.4 Å². The molecule has 0 saturated carbocycles. The molecule has 7 heteroatoms. The molecule has 7 nitrogen and oxygen atoms in total. The Balaban J connectivity index is 1.98. The minimum Gasteiger partial charge on any atom is -0.393 e. The summed E-state index contributed by atoms with van der Waals surface area (Å²) in [4.78, 5) is 11.0. The number of hydrazine groups is 1. The Labute approximate surface area is 111 Å². The predicted molar refractivity (Wildman–Crippen MR) is 72.8 cm³/mol. The van der Waals surface area contributed by atoms with Crippen LogP contribution in [0.25, 0.3) is 5.65 Å². The van der Waals surface area contributed by atoms with E-state index in [9.17, 15) is 5.11 Å². The Morgan fingerprint density at radius 2 is 2.42 bits per heavy atom.